The molecule has 2 atom stereocenters. The number of pyridine rings is 1. The number of nitrogens with zero attached hydrogens (tertiary/aromatic N) is 2. The van der Waals surface area contributed by atoms with Crippen molar-refractivity contribution in [2.75, 3.05) is 13.1 Å². The van der Waals surface area contributed by atoms with E-state index in [2.05, 4.69) is 23.7 Å². The van der Waals surface area contributed by atoms with Crippen LogP contribution in [0.15, 0.2) is 18.3 Å². The summed E-state index contributed by atoms with van der Waals surface area (Å²) in [5, 5.41) is 7.38. The molecular weight excluding hydrogens is 212 g/mol. The van der Waals surface area contributed by atoms with Crippen molar-refractivity contribution < 1.29 is 0 Å². The van der Waals surface area contributed by atoms with E-state index in [0.717, 1.165) is 31.5 Å². The average Bonchev–Trinajstić information content (AvgIpc) is 2.58. The Labute approximate surface area is 102 Å². The predicted octanol–water partition coefficient (Wildman–Crippen LogP) is 1.45. The summed E-state index contributed by atoms with van der Waals surface area (Å²) in [7, 11) is 0. The lowest BCUT2D eigenvalue weighted by atomic mass is 10.0. The van der Waals surface area contributed by atoms with Crippen LogP contribution in [0, 0.1) is 17.2 Å². The quantitative estimate of drug-likeness (QED) is 0.612. The van der Waals surface area contributed by atoms with Crippen molar-refractivity contribution in [3.05, 3.63) is 29.6 Å². The second kappa shape index (κ2) is 4.84. The maximum absolute atomic E-state index is 7.38. The summed E-state index contributed by atoms with van der Waals surface area (Å²) in [6.45, 7) is 7.84. The molecule has 3 N–H and O–H groups in total. The molecule has 92 valence electrons. The van der Waals surface area contributed by atoms with Gasteiger partial charge in [-0.1, -0.05) is 13.8 Å². The van der Waals surface area contributed by atoms with E-state index >= 15 is 0 Å². The number of likely N-dealkylation sites (tertiary alicyclic amines) is 1. The van der Waals surface area contributed by atoms with Crippen LogP contribution < -0.4 is 5.73 Å². The van der Waals surface area contributed by atoms with E-state index in [1.807, 2.05) is 12.1 Å². The molecule has 1 aromatic rings. The molecule has 1 aromatic heterocycles. The first-order valence-corrected chi connectivity index (χ1v) is 6.08. The highest BCUT2D eigenvalue weighted by Gasteiger charge is 2.25. The van der Waals surface area contributed by atoms with E-state index in [1.54, 1.807) is 6.20 Å². The fourth-order valence-corrected chi connectivity index (χ4v) is 2.36. The Balaban J connectivity index is 2.04. The molecule has 0 bridgehead atoms. The second-order valence-electron chi connectivity index (χ2n) is 5.11. The van der Waals surface area contributed by atoms with Crippen LogP contribution in [0.5, 0.6) is 0 Å². The molecule has 4 nitrogen and oxygen atoms in total. The second-order valence-corrected chi connectivity index (χ2v) is 5.11. The van der Waals surface area contributed by atoms with Gasteiger partial charge in [0.05, 0.1) is 0 Å². The summed E-state index contributed by atoms with van der Waals surface area (Å²) in [6.07, 6.45) is 1.73. The van der Waals surface area contributed by atoms with Crippen molar-refractivity contribution in [3.8, 4) is 0 Å². The van der Waals surface area contributed by atoms with Crippen LogP contribution in [0.2, 0.25) is 0 Å². The fourth-order valence-electron chi connectivity index (χ4n) is 2.36. The third-order valence-corrected chi connectivity index (χ3v) is 3.57. The average molecular weight is 232 g/mol. The summed E-state index contributed by atoms with van der Waals surface area (Å²) in [5.74, 6) is 1.57. The largest absolute Gasteiger partial charge is 0.382 e. The van der Waals surface area contributed by atoms with Gasteiger partial charge in [-0.15, -0.1) is 0 Å². The van der Waals surface area contributed by atoms with Gasteiger partial charge < -0.3 is 5.73 Å². The zero-order chi connectivity index (χ0) is 12.4. The van der Waals surface area contributed by atoms with Crippen LogP contribution in [0.3, 0.4) is 0 Å². The molecule has 2 heterocycles. The molecule has 0 spiro atoms. The lowest BCUT2D eigenvalue weighted by Gasteiger charge is -2.15. The van der Waals surface area contributed by atoms with E-state index in [4.69, 9.17) is 11.1 Å². The molecule has 0 aromatic carbocycles. The molecule has 2 unspecified atom stereocenters. The van der Waals surface area contributed by atoms with Crippen LogP contribution in [0.1, 0.15) is 25.1 Å². The minimum atomic E-state index is 0.0370. The molecule has 17 heavy (non-hydrogen) atoms. The van der Waals surface area contributed by atoms with E-state index in [0.29, 0.717) is 5.69 Å². The van der Waals surface area contributed by atoms with Gasteiger partial charge in [0.2, 0.25) is 0 Å². The monoisotopic (exact) mass is 232 g/mol. The Hall–Kier alpha value is -1.42. The first kappa shape index (κ1) is 12.0. The van der Waals surface area contributed by atoms with Gasteiger partial charge in [-0.25, -0.2) is 0 Å². The first-order valence-electron chi connectivity index (χ1n) is 6.08. The van der Waals surface area contributed by atoms with Crippen molar-refractivity contribution in [1.82, 2.24) is 9.88 Å². The highest BCUT2D eigenvalue weighted by molar-refractivity contribution is 5.93. The lowest BCUT2D eigenvalue weighted by molar-refractivity contribution is 0.316. The Bertz CT molecular complexity index is 406. The van der Waals surface area contributed by atoms with Crippen LogP contribution in [-0.4, -0.2) is 28.8 Å². The third-order valence-electron chi connectivity index (χ3n) is 3.57. The Morgan fingerprint density at radius 2 is 2.12 bits per heavy atom. The smallest absolute Gasteiger partial charge is 0.141 e. The maximum Gasteiger partial charge on any atom is 0.141 e. The summed E-state index contributed by atoms with van der Waals surface area (Å²) in [5.41, 5.74) is 7.20. The van der Waals surface area contributed by atoms with E-state index < -0.39 is 0 Å². The summed E-state index contributed by atoms with van der Waals surface area (Å²) >= 11 is 0. The molecule has 2 rings (SSSR count). The zero-order valence-corrected chi connectivity index (χ0v) is 10.5. The van der Waals surface area contributed by atoms with Gasteiger partial charge in [0.1, 0.15) is 11.5 Å². The van der Waals surface area contributed by atoms with Crippen molar-refractivity contribution >= 4 is 5.84 Å². The SMILES string of the molecule is CC1CN(Cc2ccnc(C(=N)N)c2)CC1C. The molecule has 1 saturated heterocycles. The molecule has 4 heteroatoms. The van der Waals surface area contributed by atoms with Crippen LogP contribution in [-0.2, 0) is 6.54 Å². The van der Waals surface area contributed by atoms with Gasteiger partial charge >= 0.3 is 0 Å². The summed E-state index contributed by atoms with van der Waals surface area (Å²) < 4.78 is 0. The molecule has 1 aliphatic heterocycles. The topological polar surface area (TPSA) is 66.0 Å². The number of aromatic nitrogens is 1. The Morgan fingerprint density at radius 3 is 2.71 bits per heavy atom. The zero-order valence-electron chi connectivity index (χ0n) is 10.5. The van der Waals surface area contributed by atoms with Crippen molar-refractivity contribution in [1.29, 1.82) is 5.41 Å². The van der Waals surface area contributed by atoms with Crippen LogP contribution in [0.4, 0.5) is 0 Å². The van der Waals surface area contributed by atoms with E-state index in [-0.39, 0.29) is 5.84 Å². The third kappa shape index (κ3) is 2.82. The normalized spacial score (nSPS) is 25.1. The van der Waals surface area contributed by atoms with Crippen LogP contribution >= 0.6 is 0 Å². The Kier molecular flexibility index (Phi) is 3.43. The van der Waals surface area contributed by atoms with E-state index in [9.17, 15) is 0 Å². The van der Waals surface area contributed by atoms with E-state index in [1.165, 1.54) is 5.56 Å². The lowest BCUT2D eigenvalue weighted by Crippen LogP contribution is -2.21. The molecular formula is C13H20N4. The highest BCUT2D eigenvalue weighted by Crippen LogP contribution is 2.23. The number of hydrogen-bond donors (Lipinski definition) is 2. The number of hydrogen-bond acceptors (Lipinski definition) is 3. The van der Waals surface area contributed by atoms with Crippen molar-refractivity contribution in [3.63, 3.8) is 0 Å². The Morgan fingerprint density at radius 1 is 1.47 bits per heavy atom. The number of nitrogens with two attached hydrogens (primary N) is 1. The molecule has 0 aliphatic carbocycles. The highest BCUT2D eigenvalue weighted by atomic mass is 15.1. The van der Waals surface area contributed by atoms with Gasteiger partial charge in [-0.05, 0) is 29.5 Å². The summed E-state index contributed by atoms with van der Waals surface area (Å²) in [4.78, 5) is 6.53. The maximum atomic E-state index is 7.38. The molecule has 0 saturated carbocycles. The molecule has 0 amide bonds. The van der Waals surface area contributed by atoms with Gasteiger partial charge in [-0.3, -0.25) is 15.3 Å². The predicted molar refractivity (Wildman–Crippen MR) is 68.9 cm³/mol. The van der Waals surface area contributed by atoms with Crippen molar-refractivity contribution in [2.24, 2.45) is 17.6 Å². The van der Waals surface area contributed by atoms with Gasteiger partial charge in [-0.2, -0.15) is 0 Å². The number of nitrogens with one attached hydrogen (secondary N) is 1. The minimum Gasteiger partial charge on any atom is -0.382 e. The van der Waals surface area contributed by atoms with Crippen molar-refractivity contribution in [2.45, 2.75) is 20.4 Å². The van der Waals surface area contributed by atoms with Gasteiger partial charge in [0.25, 0.3) is 0 Å². The molecule has 1 aliphatic rings. The van der Waals surface area contributed by atoms with Gasteiger partial charge in [0, 0.05) is 25.8 Å². The summed E-state index contributed by atoms with van der Waals surface area (Å²) in [6, 6.07) is 3.91. The molecule has 1 fully saturated rings. The first-order chi connectivity index (χ1) is 8.06. The minimum absolute atomic E-state index is 0.0370. The fraction of sp³-hybridized carbons (Fsp3) is 0.538. The van der Waals surface area contributed by atoms with Crippen LogP contribution in [0.25, 0.3) is 0 Å². The standard InChI is InChI=1S/C13H20N4/c1-9-6-17(7-10(9)2)8-11-3-4-16-12(5-11)13(14)15/h3-5,9-10H,6-8H2,1-2H3,(H3,14,15). The number of amidine groups is 1. The molecule has 0 radical (unpaired) electrons. The van der Waals surface area contributed by atoms with Gasteiger partial charge in [0.15, 0.2) is 0 Å². The number of nitrogen functional groups attached to an aromatic ring is 1. The number of rotatable bonds is 3.